The van der Waals surface area contributed by atoms with Gasteiger partial charge in [-0.3, -0.25) is 0 Å². The van der Waals surface area contributed by atoms with E-state index < -0.39 is 5.76 Å². The van der Waals surface area contributed by atoms with Crippen molar-refractivity contribution in [1.29, 1.82) is 0 Å². The smallest absolute Gasteiger partial charge is 0.223 e. The zero-order valence-corrected chi connectivity index (χ0v) is 11.0. The van der Waals surface area contributed by atoms with Gasteiger partial charge in [-0.15, -0.1) is 0 Å². The summed E-state index contributed by atoms with van der Waals surface area (Å²) in [6.45, 7) is 1.82. The molecule has 0 bridgehead atoms. The molecule has 2 aromatic rings. The van der Waals surface area contributed by atoms with Crippen LogP contribution in [0.15, 0.2) is 35.2 Å². The Morgan fingerprint density at radius 3 is 2.39 bits per heavy atom. The van der Waals surface area contributed by atoms with Crippen molar-refractivity contribution in [2.75, 3.05) is 0 Å². The average Bonchev–Trinajstić information content (AvgIpc) is 2.27. The third-order valence-electron chi connectivity index (χ3n) is 2.20. The highest BCUT2D eigenvalue weighted by Crippen LogP contribution is 2.27. The van der Waals surface area contributed by atoms with E-state index in [1.807, 2.05) is 6.92 Å². The number of aromatic nitrogens is 2. The SMILES string of the molecule is Cc1cc(-c2ccc(SC(F)F)cc2)nc(Cl)n1. The molecule has 0 N–H and O–H groups in total. The van der Waals surface area contributed by atoms with Gasteiger partial charge in [-0.05, 0) is 36.7 Å². The van der Waals surface area contributed by atoms with Gasteiger partial charge in [0.1, 0.15) is 0 Å². The van der Waals surface area contributed by atoms with Gasteiger partial charge in [0.2, 0.25) is 5.28 Å². The van der Waals surface area contributed by atoms with Crippen LogP contribution in [0, 0.1) is 6.92 Å². The molecular weight excluding hydrogens is 278 g/mol. The van der Waals surface area contributed by atoms with Crippen LogP contribution in [0.25, 0.3) is 11.3 Å². The lowest BCUT2D eigenvalue weighted by molar-refractivity contribution is 0.252. The first-order valence-electron chi connectivity index (χ1n) is 5.11. The molecule has 94 valence electrons. The Balaban J connectivity index is 2.28. The average molecular weight is 287 g/mol. The number of thioether (sulfide) groups is 1. The number of aryl methyl sites for hydroxylation is 1. The summed E-state index contributed by atoms with van der Waals surface area (Å²) >= 11 is 6.29. The van der Waals surface area contributed by atoms with Crippen LogP contribution in [0.1, 0.15) is 5.69 Å². The van der Waals surface area contributed by atoms with Crippen LogP contribution in [0.4, 0.5) is 8.78 Å². The Morgan fingerprint density at radius 2 is 1.83 bits per heavy atom. The zero-order valence-electron chi connectivity index (χ0n) is 9.40. The number of halogens is 3. The maximum Gasteiger partial charge on any atom is 0.288 e. The lowest BCUT2D eigenvalue weighted by atomic mass is 10.1. The highest BCUT2D eigenvalue weighted by Gasteiger charge is 2.07. The summed E-state index contributed by atoms with van der Waals surface area (Å²) in [5.41, 5.74) is 2.26. The fraction of sp³-hybridized carbons (Fsp3) is 0.167. The number of nitrogens with zero attached hydrogens (tertiary/aromatic N) is 2. The predicted octanol–water partition coefficient (Wildman–Crippen LogP) is 4.42. The largest absolute Gasteiger partial charge is 0.288 e. The number of rotatable bonds is 3. The van der Waals surface area contributed by atoms with E-state index in [0.717, 1.165) is 11.3 Å². The molecule has 2 nitrogen and oxygen atoms in total. The highest BCUT2D eigenvalue weighted by atomic mass is 35.5. The van der Waals surface area contributed by atoms with Crippen molar-refractivity contribution in [3.8, 4) is 11.3 Å². The third-order valence-corrected chi connectivity index (χ3v) is 3.09. The van der Waals surface area contributed by atoms with Gasteiger partial charge in [0, 0.05) is 16.2 Å². The van der Waals surface area contributed by atoms with Gasteiger partial charge < -0.3 is 0 Å². The minimum absolute atomic E-state index is 0.177. The summed E-state index contributed by atoms with van der Waals surface area (Å²) in [6.07, 6.45) is 0. The van der Waals surface area contributed by atoms with Crippen molar-refractivity contribution in [3.63, 3.8) is 0 Å². The second-order valence-electron chi connectivity index (χ2n) is 3.57. The molecule has 0 aliphatic heterocycles. The molecule has 0 fully saturated rings. The third kappa shape index (κ3) is 3.40. The Labute approximate surface area is 112 Å². The fourth-order valence-corrected chi connectivity index (χ4v) is 2.21. The predicted molar refractivity (Wildman–Crippen MR) is 69.1 cm³/mol. The van der Waals surface area contributed by atoms with Crippen LogP contribution < -0.4 is 0 Å². The maximum atomic E-state index is 12.2. The fourth-order valence-electron chi connectivity index (χ4n) is 1.49. The van der Waals surface area contributed by atoms with Crippen LogP contribution in [0.2, 0.25) is 5.28 Å². The molecule has 2 rings (SSSR count). The first-order chi connectivity index (χ1) is 8.54. The Hall–Kier alpha value is -1.20. The summed E-state index contributed by atoms with van der Waals surface area (Å²) in [5.74, 6) is -2.41. The molecule has 0 spiro atoms. The Bertz CT molecular complexity index is 526. The van der Waals surface area contributed by atoms with E-state index in [1.165, 1.54) is 0 Å². The first-order valence-corrected chi connectivity index (χ1v) is 6.37. The van der Waals surface area contributed by atoms with E-state index in [0.29, 0.717) is 22.4 Å². The summed E-state index contributed by atoms with van der Waals surface area (Å²) < 4.78 is 24.3. The molecule has 0 saturated carbocycles. The Morgan fingerprint density at radius 1 is 1.17 bits per heavy atom. The quantitative estimate of drug-likeness (QED) is 0.617. The Kier molecular flexibility index (Phi) is 4.14. The molecule has 6 heteroatoms. The lowest BCUT2D eigenvalue weighted by Gasteiger charge is -2.04. The standard InChI is InChI=1S/C12H9ClF2N2S/c1-7-6-10(17-11(13)16-7)8-2-4-9(5-3-8)18-12(14)15/h2-6,12H,1H3. The normalized spacial score (nSPS) is 10.9. The summed E-state index contributed by atoms with van der Waals surface area (Å²) in [7, 11) is 0. The van der Waals surface area contributed by atoms with Gasteiger partial charge in [-0.1, -0.05) is 23.9 Å². The summed E-state index contributed by atoms with van der Waals surface area (Å²) in [6, 6.07) is 8.54. The summed E-state index contributed by atoms with van der Waals surface area (Å²) in [4.78, 5) is 8.58. The lowest BCUT2D eigenvalue weighted by Crippen LogP contribution is -1.90. The van der Waals surface area contributed by atoms with Crippen molar-refractivity contribution < 1.29 is 8.78 Å². The van der Waals surface area contributed by atoms with E-state index in [1.54, 1.807) is 30.3 Å². The van der Waals surface area contributed by atoms with Crippen LogP contribution >= 0.6 is 23.4 Å². The van der Waals surface area contributed by atoms with Crippen LogP contribution in [-0.4, -0.2) is 15.7 Å². The van der Waals surface area contributed by atoms with Crippen molar-refractivity contribution >= 4 is 23.4 Å². The molecule has 0 radical (unpaired) electrons. The zero-order chi connectivity index (χ0) is 13.1. The van der Waals surface area contributed by atoms with Gasteiger partial charge in [-0.25, -0.2) is 9.97 Å². The second-order valence-corrected chi connectivity index (χ2v) is 4.97. The van der Waals surface area contributed by atoms with Crippen LogP contribution in [-0.2, 0) is 0 Å². The van der Waals surface area contributed by atoms with Crippen LogP contribution in [0.3, 0.4) is 0 Å². The number of hydrogen-bond acceptors (Lipinski definition) is 3. The highest BCUT2D eigenvalue weighted by molar-refractivity contribution is 7.99. The van der Waals surface area contributed by atoms with Gasteiger partial charge in [-0.2, -0.15) is 8.78 Å². The summed E-state index contributed by atoms with van der Waals surface area (Å²) in [5, 5.41) is 0.177. The molecule has 1 aromatic heterocycles. The molecular formula is C12H9ClF2N2S. The minimum atomic E-state index is -2.41. The van der Waals surface area contributed by atoms with Gasteiger partial charge in [0.05, 0.1) is 5.69 Å². The molecule has 0 atom stereocenters. The molecule has 1 heterocycles. The molecule has 0 unspecified atom stereocenters. The molecule has 1 aromatic carbocycles. The number of hydrogen-bond donors (Lipinski definition) is 0. The van der Waals surface area contributed by atoms with Crippen LogP contribution in [0.5, 0.6) is 0 Å². The van der Waals surface area contributed by atoms with Gasteiger partial charge >= 0.3 is 0 Å². The molecule has 18 heavy (non-hydrogen) atoms. The second kappa shape index (κ2) is 5.63. The molecule has 0 aliphatic rings. The van der Waals surface area contributed by atoms with E-state index >= 15 is 0 Å². The molecule has 0 saturated heterocycles. The van der Waals surface area contributed by atoms with E-state index in [-0.39, 0.29) is 5.28 Å². The van der Waals surface area contributed by atoms with Crippen molar-refractivity contribution in [1.82, 2.24) is 9.97 Å². The molecule has 0 amide bonds. The number of alkyl halides is 2. The van der Waals surface area contributed by atoms with Gasteiger partial charge in [0.25, 0.3) is 5.76 Å². The van der Waals surface area contributed by atoms with E-state index in [2.05, 4.69) is 9.97 Å². The van der Waals surface area contributed by atoms with E-state index in [9.17, 15) is 8.78 Å². The minimum Gasteiger partial charge on any atom is -0.223 e. The van der Waals surface area contributed by atoms with Gasteiger partial charge in [0.15, 0.2) is 0 Å². The molecule has 0 aliphatic carbocycles. The number of benzene rings is 1. The maximum absolute atomic E-state index is 12.2. The monoisotopic (exact) mass is 286 g/mol. The van der Waals surface area contributed by atoms with Crippen molar-refractivity contribution in [2.45, 2.75) is 17.6 Å². The first kappa shape index (κ1) is 13.2. The van der Waals surface area contributed by atoms with E-state index in [4.69, 9.17) is 11.6 Å². The topological polar surface area (TPSA) is 25.8 Å². The van der Waals surface area contributed by atoms with Crippen molar-refractivity contribution in [2.24, 2.45) is 0 Å². The van der Waals surface area contributed by atoms with Crippen molar-refractivity contribution in [3.05, 3.63) is 41.3 Å².